The highest BCUT2D eigenvalue weighted by molar-refractivity contribution is 6.48. The Balaban J connectivity index is 2.25. The third kappa shape index (κ3) is 3.39. The largest absolute Gasteiger partial charge is 0.416 e. The maximum atomic E-state index is 13.0. The first-order chi connectivity index (χ1) is 12.9. The molecule has 0 fully saturated rings. The van der Waals surface area contributed by atoms with Crippen LogP contribution in [0.15, 0.2) is 48.5 Å². The standard InChI is InChI=1S/C19H11F6NO2/c1-26-16(27)14(10-4-2-6-12(8-10)18(20,21)22)15(17(26)28)11-5-3-7-13(9-11)19(23,24)25/h2-9H,1H3. The molecule has 1 aliphatic heterocycles. The SMILES string of the molecule is CN1C(=O)C(c2cccc(C(F)(F)F)c2)=C(c2cccc(C(F)(F)F)c2)C1=O. The predicted molar refractivity (Wildman–Crippen MR) is 87.5 cm³/mol. The van der Waals surface area contributed by atoms with Crippen LogP contribution in [0.4, 0.5) is 26.3 Å². The Hall–Kier alpha value is -3.10. The fourth-order valence-electron chi connectivity index (χ4n) is 2.88. The van der Waals surface area contributed by atoms with E-state index in [0.717, 1.165) is 31.3 Å². The van der Waals surface area contributed by atoms with Crippen molar-refractivity contribution in [1.29, 1.82) is 0 Å². The van der Waals surface area contributed by atoms with E-state index in [0.29, 0.717) is 17.0 Å². The van der Waals surface area contributed by atoms with Gasteiger partial charge in [0.2, 0.25) is 0 Å². The molecule has 28 heavy (non-hydrogen) atoms. The number of hydrogen-bond donors (Lipinski definition) is 0. The van der Waals surface area contributed by atoms with Gasteiger partial charge in [-0.15, -0.1) is 0 Å². The van der Waals surface area contributed by atoms with E-state index < -0.39 is 35.3 Å². The molecule has 3 nitrogen and oxygen atoms in total. The summed E-state index contributed by atoms with van der Waals surface area (Å²) in [6.45, 7) is 0. The molecule has 0 saturated carbocycles. The predicted octanol–water partition coefficient (Wildman–Crippen LogP) is 4.63. The van der Waals surface area contributed by atoms with Crippen molar-refractivity contribution in [3.05, 3.63) is 70.8 Å². The van der Waals surface area contributed by atoms with Crippen LogP contribution < -0.4 is 0 Å². The zero-order valence-electron chi connectivity index (χ0n) is 14.2. The summed E-state index contributed by atoms with van der Waals surface area (Å²) in [6, 6.07) is 7.47. The van der Waals surface area contributed by atoms with E-state index in [1.54, 1.807) is 0 Å². The highest BCUT2D eigenvalue weighted by Gasteiger charge is 2.39. The van der Waals surface area contributed by atoms with Crippen molar-refractivity contribution in [3.63, 3.8) is 0 Å². The molecule has 0 atom stereocenters. The summed E-state index contributed by atoms with van der Waals surface area (Å²) in [7, 11) is 1.11. The van der Waals surface area contributed by atoms with E-state index in [4.69, 9.17) is 0 Å². The van der Waals surface area contributed by atoms with Gasteiger partial charge in [-0.1, -0.05) is 24.3 Å². The molecule has 2 aromatic rings. The molecule has 0 unspecified atom stereocenters. The molecule has 0 bridgehead atoms. The van der Waals surface area contributed by atoms with Crippen molar-refractivity contribution in [2.45, 2.75) is 12.4 Å². The number of alkyl halides is 6. The molecule has 0 radical (unpaired) electrons. The van der Waals surface area contributed by atoms with Gasteiger partial charge in [0, 0.05) is 7.05 Å². The molecule has 0 N–H and O–H groups in total. The summed E-state index contributed by atoms with van der Waals surface area (Å²) in [5.74, 6) is -1.78. The fraction of sp³-hybridized carbons (Fsp3) is 0.158. The normalized spacial score (nSPS) is 15.6. The van der Waals surface area contributed by atoms with Crippen LogP contribution in [0.1, 0.15) is 22.3 Å². The number of carbonyl (C=O) groups is 2. The third-order valence-electron chi connectivity index (χ3n) is 4.24. The first-order valence-electron chi connectivity index (χ1n) is 7.83. The quantitative estimate of drug-likeness (QED) is 0.545. The summed E-state index contributed by atoms with van der Waals surface area (Å²) < 4.78 is 78.0. The van der Waals surface area contributed by atoms with Crippen LogP contribution in [0.25, 0.3) is 11.1 Å². The molecule has 0 aromatic heterocycles. The number of nitrogens with zero attached hydrogens (tertiary/aromatic N) is 1. The number of hydrogen-bond acceptors (Lipinski definition) is 2. The maximum Gasteiger partial charge on any atom is 0.416 e. The van der Waals surface area contributed by atoms with Crippen LogP contribution in [-0.4, -0.2) is 23.8 Å². The van der Waals surface area contributed by atoms with Crippen molar-refractivity contribution < 1.29 is 35.9 Å². The van der Waals surface area contributed by atoms with Crippen molar-refractivity contribution in [3.8, 4) is 0 Å². The molecule has 0 saturated heterocycles. The Labute approximate surface area is 154 Å². The number of amides is 2. The second-order valence-electron chi connectivity index (χ2n) is 6.08. The smallest absolute Gasteiger partial charge is 0.277 e. The first-order valence-corrected chi connectivity index (χ1v) is 7.83. The molecule has 1 heterocycles. The molecular weight excluding hydrogens is 388 g/mol. The summed E-state index contributed by atoms with van der Waals surface area (Å²) in [5.41, 5.74) is -3.25. The van der Waals surface area contributed by atoms with Crippen molar-refractivity contribution in [2.75, 3.05) is 7.05 Å². The van der Waals surface area contributed by atoms with Crippen LogP contribution in [0.2, 0.25) is 0 Å². The van der Waals surface area contributed by atoms with Gasteiger partial charge >= 0.3 is 12.4 Å². The Kier molecular flexibility index (Phi) is 4.57. The van der Waals surface area contributed by atoms with E-state index in [-0.39, 0.29) is 22.3 Å². The Morgan fingerprint density at radius 1 is 0.679 bits per heavy atom. The fourth-order valence-corrected chi connectivity index (χ4v) is 2.88. The molecule has 2 aromatic carbocycles. The number of benzene rings is 2. The van der Waals surface area contributed by atoms with Gasteiger partial charge in [0.15, 0.2) is 0 Å². The highest BCUT2D eigenvalue weighted by Crippen LogP contribution is 2.39. The third-order valence-corrected chi connectivity index (χ3v) is 4.24. The van der Waals surface area contributed by atoms with Crippen LogP contribution in [0.5, 0.6) is 0 Å². The number of imide groups is 1. The minimum absolute atomic E-state index is 0.204. The topological polar surface area (TPSA) is 37.4 Å². The highest BCUT2D eigenvalue weighted by atomic mass is 19.4. The molecule has 0 aliphatic carbocycles. The lowest BCUT2D eigenvalue weighted by Gasteiger charge is -2.11. The molecule has 1 aliphatic rings. The summed E-state index contributed by atoms with van der Waals surface area (Å²) in [6.07, 6.45) is -9.38. The molecule has 146 valence electrons. The summed E-state index contributed by atoms with van der Waals surface area (Å²) >= 11 is 0. The lowest BCUT2D eigenvalue weighted by atomic mass is 9.94. The summed E-state index contributed by atoms with van der Waals surface area (Å²) in [4.78, 5) is 25.6. The molecule has 0 spiro atoms. The Morgan fingerprint density at radius 3 is 1.36 bits per heavy atom. The van der Waals surface area contributed by atoms with Crippen LogP contribution in [0.3, 0.4) is 0 Å². The number of likely N-dealkylation sites (N-methyl/N-ethyl adjacent to an activating group) is 1. The lowest BCUT2D eigenvalue weighted by molar-refractivity contribution is -0.138. The molecule has 3 rings (SSSR count). The average molecular weight is 399 g/mol. The van der Waals surface area contributed by atoms with Gasteiger partial charge in [-0.25, -0.2) is 0 Å². The average Bonchev–Trinajstić information content (AvgIpc) is 2.84. The first kappa shape index (κ1) is 19.7. The minimum atomic E-state index is -4.69. The van der Waals surface area contributed by atoms with Crippen molar-refractivity contribution in [1.82, 2.24) is 4.90 Å². The lowest BCUT2D eigenvalue weighted by Crippen LogP contribution is -2.26. The second kappa shape index (κ2) is 6.50. The maximum absolute atomic E-state index is 13.0. The Bertz CT molecular complexity index is 924. The van der Waals surface area contributed by atoms with E-state index >= 15 is 0 Å². The van der Waals surface area contributed by atoms with E-state index in [2.05, 4.69) is 0 Å². The van der Waals surface area contributed by atoms with Gasteiger partial charge < -0.3 is 0 Å². The zero-order valence-corrected chi connectivity index (χ0v) is 14.2. The van der Waals surface area contributed by atoms with Crippen LogP contribution in [-0.2, 0) is 21.9 Å². The van der Waals surface area contributed by atoms with Gasteiger partial charge in [-0.2, -0.15) is 26.3 Å². The van der Waals surface area contributed by atoms with Crippen LogP contribution >= 0.6 is 0 Å². The summed E-state index contributed by atoms with van der Waals surface area (Å²) in [5, 5.41) is 0. The van der Waals surface area contributed by atoms with E-state index in [1.165, 1.54) is 12.1 Å². The molecule has 2 amide bonds. The van der Waals surface area contributed by atoms with Crippen molar-refractivity contribution >= 4 is 23.0 Å². The molecular formula is C19H11F6NO2. The van der Waals surface area contributed by atoms with Gasteiger partial charge in [0.25, 0.3) is 11.8 Å². The van der Waals surface area contributed by atoms with E-state index in [1.807, 2.05) is 0 Å². The number of halogens is 6. The van der Waals surface area contributed by atoms with Gasteiger partial charge in [-0.3, -0.25) is 14.5 Å². The van der Waals surface area contributed by atoms with Gasteiger partial charge in [-0.05, 0) is 35.4 Å². The number of rotatable bonds is 2. The van der Waals surface area contributed by atoms with Crippen LogP contribution in [0, 0.1) is 0 Å². The molecule has 9 heteroatoms. The van der Waals surface area contributed by atoms with Crippen molar-refractivity contribution in [2.24, 2.45) is 0 Å². The monoisotopic (exact) mass is 399 g/mol. The minimum Gasteiger partial charge on any atom is -0.277 e. The Morgan fingerprint density at radius 2 is 1.04 bits per heavy atom. The van der Waals surface area contributed by atoms with Gasteiger partial charge in [0.05, 0.1) is 22.3 Å². The van der Waals surface area contributed by atoms with E-state index in [9.17, 15) is 35.9 Å². The van der Waals surface area contributed by atoms with Gasteiger partial charge in [0.1, 0.15) is 0 Å². The zero-order chi connectivity index (χ0) is 20.9. The second-order valence-corrected chi connectivity index (χ2v) is 6.08. The number of carbonyl (C=O) groups excluding carboxylic acids is 2.